The number of aliphatic hydroxyl groups is 1. The van der Waals surface area contributed by atoms with Gasteiger partial charge in [-0.15, -0.1) is 0 Å². The van der Waals surface area contributed by atoms with Crippen molar-refractivity contribution < 1.29 is 36.2 Å². The Morgan fingerprint density at radius 1 is 1.05 bits per heavy atom. The summed E-state index contributed by atoms with van der Waals surface area (Å²) in [5, 5.41) is 15.4. The third kappa shape index (κ3) is 5.10. The van der Waals surface area contributed by atoms with E-state index in [1.165, 1.54) is 41.2 Å². The molecule has 0 radical (unpaired) electrons. The number of fused-ring (bicyclic) bond motifs is 1. The molecule has 2 unspecified atom stereocenters. The zero-order chi connectivity index (χ0) is 27.7. The molecule has 4 aromatic rings. The van der Waals surface area contributed by atoms with Crippen LogP contribution in [0.1, 0.15) is 31.2 Å². The van der Waals surface area contributed by atoms with E-state index in [1.54, 1.807) is 19.1 Å². The maximum absolute atomic E-state index is 14.3. The minimum absolute atomic E-state index is 0.00680. The summed E-state index contributed by atoms with van der Waals surface area (Å²) in [6, 6.07) is 12.1. The molecule has 0 saturated heterocycles. The second-order valence-corrected chi connectivity index (χ2v) is 8.72. The van der Waals surface area contributed by atoms with E-state index in [0.717, 1.165) is 19.2 Å². The molecule has 0 fully saturated rings. The van der Waals surface area contributed by atoms with Gasteiger partial charge in [-0.25, -0.2) is 13.5 Å². The highest BCUT2D eigenvalue weighted by atomic mass is 19.4. The molecule has 5 nitrogen and oxygen atoms in total. The van der Waals surface area contributed by atoms with E-state index in [-0.39, 0.29) is 17.7 Å². The molecule has 0 aliphatic heterocycles. The van der Waals surface area contributed by atoms with E-state index in [1.807, 2.05) is 0 Å². The van der Waals surface area contributed by atoms with E-state index in [0.29, 0.717) is 22.8 Å². The van der Waals surface area contributed by atoms with Crippen LogP contribution in [0.15, 0.2) is 65.8 Å². The third-order valence-corrected chi connectivity index (χ3v) is 6.34. The number of benzene rings is 3. The van der Waals surface area contributed by atoms with Crippen LogP contribution in [0.2, 0.25) is 0 Å². The van der Waals surface area contributed by atoms with E-state index in [2.05, 4.69) is 10.1 Å². The van der Waals surface area contributed by atoms with Gasteiger partial charge in [0.25, 0.3) is 0 Å². The average molecular weight is 535 g/mol. The molecule has 0 amide bonds. The largest absolute Gasteiger partial charge is 0.493 e. The van der Waals surface area contributed by atoms with E-state index < -0.39 is 47.3 Å². The van der Waals surface area contributed by atoms with Crippen molar-refractivity contribution in [2.75, 3.05) is 7.11 Å². The summed E-state index contributed by atoms with van der Waals surface area (Å²) in [5.41, 5.74) is -2.27. The molecule has 0 saturated carbocycles. The Balaban J connectivity index is 1.72. The van der Waals surface area contributed by atoms with Crippen molar-refractivity contribution in [2.45, 2.75) is 37.5 Å². The summed E-state index contributed by atoms with van der Waals surface area (Å²) < 4.78 is 90.1. The highest BCUT2D eigenvalue weighted by Crippen LogP contribution is 2.42. The van der Waals surface area contributed by atoms with Gasteiger partial charge in [0.05, 0.1) is 30.2 Å². The quantitative estimate of drug-likeness (QED) is 0.195. The lowest BCUT2D eigenvalue weighted by atomic mass is 9.83. The predicted octanol–water partition coefficient (Wildman–Crippen LogP) is 7.03. The summed E-state index contributed by atoms with van der Waals surface area (Å²) in [6.07, 6.45) is -4.18. The molecule has 3 aromatic carbocycles. The van der Waals surface area contributed by atoms with Gasteiger partial charge < -0.3 is 9.84 Å². The van der Waals surface area contributed by atoms with E-state index >= 15 is 0 Å². The van der Waals surface area contributed by atoms with Gasteiger partial charge in [0.2, 0.25) is 5.82 Å². The Morgan fingerprint density at radius 3 is 2.39 bits per heavy atom. The van der Waals surface area contributed by atoms with Gasteiger partial charge in [0.15, 0.2) is 17.2 Å². The Morgan fingerprint density at radius 2 is 1.76 bits per heavy atom. The first-order chi connectivity index (χ1) is 18.0. The van der Waals surface area contributed by atoms with Gasteiger partial charge >= 0.3 is 6.18 Å². The summed E-state index contributed by atoms with van der Waals surface area (Å²) in [5.74, 6) is -4.53. The summed E-state index contributed by atoms with van der Waals surface area (Å²) in [6.45, 7) is 1.56. The Labute approximate surface area is 214 Å². The van der Waals surface area contributed by atoms with Crippen LogP contribution in [0.4, 0.5) is 32.0 Å². The molecule has 1 N–H and O–H groups in total. The molecule has 4 rings (SSSR count). The van der Waals surface area contributed by atoms with E-state index in [9.17, 15) is 31.4 Å². The number of ether oxygens (including phenoxy) is 1. The highest BCUT2D eigenvalue weighted by Gasteiger charge is 2.54. The van der Waals surface area contributed by atoms with Crippen molar-refractivity contribution in [1.29, 1.82) is 0 Å². The van der Waals surface area contributed by atoms with Crippen LogP contribution in [0.25, 0.3) is 16.6 Å². The number of aliphatic imine (C=N–C) groups is 1. The zero-order valence-electron chi connectivity index (χ0n) is 20.3. The normalized spacial score (nSPS) is 14.7. The van der Waals surface area contributed by atoms with Crippen LogP contribution in [0, 0.1) is 17.5 Å². The molecule has 2 atom stereocenters. The predicted molar refractivity (Wildman–Crippen MR) is 131 cm³/mol. The van der Waals surface area contributed by atoms with Crippen molar-refractivity contribution in [1.82, 2.24) is 9.78 Å². The van der Waals surface area contributed by atoms with Gasteiger partial charge in [0.1, 0.15) is 5.82 Å². The second kappa shape index (κ2) is 10.5. The van der Waals surface area contributed by atoms with Crippen LogP contribution in [0.5, 0.6) is 5.75 Å². The lowest BCUT2D eigenvalue weighted by Crippen LogP contribution is -2.47. The lowest BCUT2D eigenvalue weighted by Gasteiger charge is -2.31. The molecule has 200 valence electrons. The number of rotatable bonds is 8. The molecule has 1 heterocycles. The van der Waals surface area contributed by atoms with Gasteiger partial charge in [0, 0.05) is 17.2 Å². The smallest absolute Gasteiger partial charge is 0.422 e. The molecule has 38 heavy (non-hydrogen) atoms. The fourth-order valence-corrected chi connectivity index (χ4v) is 4.28. The first kappa shape index (κ1) is 27.2. The van der Waals surface area contributed by atoms with Crippen molar-refractivity contribution >= 4 is 22.8 Å². The number of halogens is 6. The minimum atomic E-state index is -5.14. The molecule has 0 spiro atoms. The van der Waals surface area contributed by atoms with Gasteiger partial charge in [-0.3, -0.25) is 4.99 Å². The Kier molecular flexibility index (Phi) is 7.50. The van der Waals surface area contributed by atoms with Crippen LogP contribution < -0.4 is 4.74 Å². The minimum Gasteiger partial charge on any atom is -0.493 e. The third-order valence-electron chi connectivity index (χ3n) is 6.34. The number of nitrogens with zero attached hydrogens (tertiary/aromatic N) is 3. The first-order valence-corrected chi connectivity index (χ1v) is 11.6. The molecule has 0 bridgehead atoms. The van der Waals surface area contributed by atoms with Crippen molar-refractivity contribution in [3.63, 3.8) is 0 Å². The van der Waals surface area contributed by atoms with Crippen LogP contribution in [-0.4, -0.2) is 40.0 Å². The number of alkyl halides is 3. The average Bonchev–Trinajstić information content (AvgIpc) is 3.32. The zero-order valence-corrected chi connectivity index (χ0v) is 20.3. The van der Waals surface area contributed by atoms with Crippen molar-refractivity contribution in [2.24, 2.45) is 4.99 Å². The Bertz CT molecular complexity index is 1470. The topological polar surface area (TPSA) is 59.6 Å². The van der Waals surface area contributed by atoms with Crippen LogP contribution >= 0.6 is 0 Å². The highest BCUT2D eigenvalue weighted by molar-refractivity contribution is 5.92. The molecule has 1 aromatic heterocycles. The number of aromatic nitrogens is 2. The van der Waals surface area contributed by atoms with Crippen LogP contribution in [0.3, 0.4) is 0 Å². The lowest BCUT2D eigenvalue weighted by molar-refractivity contribution is -0.232. The van der Waals surface area contributed by atoms with E-state index in [4.69, 9.17) is 4.74 Å². The van der Waals surface area contributed by atoms with Gasteiger partial charge in [-0.05, 0) is 61.2 Å². The fourth-order valence-electron chi connectivity index (χ4n) is 4.28. The molecular weight excluding hydrogens is 512 g/mol. The maximum Gasteiger partial charge on any atom is 0.422 e. The number of hydrogen-bond donors (Lipinski definition) is 1. The fraction of sp³-hybridized carbons (Fsp3) is 0.259. The van der Waals surface area contributed by atoms with Gasteiger partial charge in [-0.2, -0.15) is 22.7 Å². The summed E-state index contributed by atoms with van der Waals surface area (Å²) in [4.78, 5) is 3.98. The van der Waals surface area contributed by atoms with Crippen LogP contribution in [-0.2, 0) is 0 Å². The second-order valence-electron chi connectivity index (χ2n) is 8.72. The van der Waals surface area contributed by atoms with Gasteiger partial charge in [-0.1, -0.05) is 19.1 Å². The molecule has 0 aliphatic carbocycles. The summed E-state index contributed by atoms with van der Waals surface area (Å²) >= 11 is 0. The molecule has 11 heteroatoms. The SMILES string of the molecule is CCC(CC(O)(/C=N\c1cccc2c1cnn2-c1ccc(F)cc1)C(F)(F)F)c1ccc(F)c(F)c1OC. The first-order valence-electron chi connectivity index (χ1n) is 11.6. The number of methoxy groups -OCH3 is 1. The van der Waals surface area contributed by atoms with Crippen molar-refractivity contribution in [3.8, 4) is 11.4 Å². The van der Waals surface area contributed by atoms with Crippen molar-refractivity contribution in [3.05, 3.63) is 83.8 Å². The summed E-state index contributed by atoms with van der Waals surface area (Å²) in [7, 11) is 1.08. The standard InChI is InChI=1S/C27H23F6N3O2/c1-3-16(19-11-12-21(29)24(30)25(19)38-2)13-26(37,27(31,32)33)15-34-22-5-4-6-23-20(22)14-35-36(23)18-9-7-17(28)8-10-18/h4-12,14-16,37H,3,13H2,1-2H3/b34-15-. The maximum atomic E-state index is 14.3. The Hall–Kier alpha value is -3.86. The number of hydrogen-bond acceptors (Lipinski definition) is 4. The molecular formula is C27H23F6N3O2. The monoisotopic (exact) mass is 535 g/mol. The molecule has 0 aliphatic rings.